The van der Waals surface area contributed by atoms with Crippen molar-refractivity contribution in [2.45, 2.75) is 26.7 Å². The van der Waals surface area contributed by atoms with Gasteiger partial charge in [0.25, 0.3) is 0 Å². The van der Waals surface area contributed by atoms with E-state index in [1.165, 1.54) is 6.92 Å². The molecule has 0 saturated heterocycles. The van der Waals surface area contributed by atoms with Gasteiger partial charge in [-0.25, -0.2) is 4.79 Å². The molecular weight excluding hydrogens is 456 g/mol. The van der Waals surface area contributed by atoms with E-state index in [9.17, 15) is 9.59 Å². The Labute approximate surface area is 212 Å². The molecular formula is C30H28O6. The van der Waals surface area contributed by atoms with Crippen LogP contribution in [-0.4, -0.2) is 25.2 Å². The number of rotatable bonds is 11. The lowest BCUT2D eigenvalue weighted by Crippen LogP contribution is -2.05. The average molecular weight is 485 g/mol. The van der Waals surface area contributed by atoms with Crippen LogP contribution in [0.3, 0.4) is 0 Å². The summed E-state index contributed by atoms with van der Waals surface area (Å²) in [4.78, 5) is 22.3. The van der Waals surface area contributed by atoms with E-state index in [2.05, 4.69) is 23.7 Å². The summed E-state index contributed by atoms with van der Waals surface area (Å²) in [6.45, 7) is 3.70. The lowest BCUT2D eigenvalue weighted by molar-refractivity contribution is -0.142. The lowest BCUT2D eigenvalue weighted by atomic mass is 10.2. The van der Waals surface area contributed by atoms with Crippen molar-refractivity contribution < 1.29 is 28.5 Å². The second kappa shape index (κ2) is 16.9. The molecule has 0 radical (unpaired) electrons. The molecule has 0 fully saturated rings. The van der Waals surface area contributed by atoms with Crippen molar-refractivity contribution in [3.63, 3.8) is 0 Å². The fraction of sp³-hybridized carbons (Fsp3) is 0.200. The van der Waals surface area contributed by atoms with Crippen LogP contribution < -0.4 is 9.47 Å². The SMILES string of the molecule is CC#Cc1ccc(O\C=C/C=C/C=C\Oc2ccc(C#CC(=O)OCCCCOC(C)=O)cc2)cc1. The van der Waals surface area contributed by atoms with E-state index in [1.54, 1.807) is 55.9 Å². The molecule has 6 heteroatoms. The first kappa shape index (κ1) is 27.6. The molecule has 0 N–H and O–H groups in total. The topological polar surface area (TPSA) is 71.1 Å². The van der Waals surface area contributed by atoms with Gasteiger partial charge in [0.15, 0.2) is 0 Å². The number of allylic oxidation sites excluding steroid dienone is 4. The summed E-state index contributed by atoms with van der Waals surface area (Å²) in [5.41, 5.74) is 1.61. The third kappa shape index (κ3) is 12.5. The maximum atomic E-state index is 11.7. The van der Waals surface area contributed by atoms with E-state index in [0.717, 1.165) is 11.3 Å². The van der Waals surface area contributed by atoms with Gasteiger partial charge < -0.3 is 18.9 Å². The van der Waals surface area contributed by atoms with Gasteiger partial charge in [0.05, 0.1) is 25.7 Å². The Kier molecular flexibility index (Phi) is 12.9. The Balaban J connectivity index is 1.65. The van der Waals surface area contributed by atoms with E-state index in [-0.39, 0.29) is 12.6 Å². The number of unbranched alkanes of at least 4 members (excludes halogenated alkanes) is 1. The van der Waals surface area contributed by atoms with Crippen molar-refractivity contribution in [1.29, 1.82) is 0 Å². The molecule has 36 heavy (non-hydrogen) atoms. The van der Waals surface area contributed by atoms with Crippen molar-refractivity contribution in [2.75, 3.05) is 13.2 Å². The van der Waals surface area contributed by atoms with Crippen molar-refractivity contribution >= 4 is 11.9 Å². The van der Waals surface area contributed by atoms with Gasteiger partial charge in [0.1, 0.15) is 11.5 Å². The zero-order valence-electron chi connectivity index (χ0n) is 20.4. The first-order valence-corrected chi connectivity index (χ1v) is 11.3. The Hall–Kier alpha value is -4.68. The minimum Gasteiger partial charge on any atom is -0.466 e. The maximum Gasteiger partial charge on any atom is 0.384 e. The van der Waals surface area contributed by atoms with Gasteiger partial charge in [-0.15, -0.1) is 5.92 Å². The predicted molar refractivity (Wildman–Crippen MR) is 138 cm³/mol. The number of ether oxygens (including phenoxy) is 4. The number of carbonyl (C=O) groups is 2. The normalized spacial score (nSPS) is 10.4. The number of carbonyl (C=O) groups excluding carboxylic acids is 2. The van der Waals surface area contributed by atoms with E-state index < -0.39 is 5.97 Å². The zero-order valence-corrected chi connectivity index (χ0v) is 20.4. The molecule has 0 aliphatic carbocycles. The standard InChI is InChI=1S/C30H28O6/c1-3-10-26-11-16-28(17-12-26)34-22-6-4-5-7-23-35-29-18-13-27(14-19-29)15-20-30(32)36-24-9-8-21-33-25(2)31/h4-7,11-14,16-19,22-23H,8-9,21,24H2,1-2H3/b5-4+,22-6-,23-7-. The number of esters is 2. The molecule has 0 unspecified atom stereocenters. The Morgan fingerprint density at radius 1 is 0.722 bits per heavy atom. The Morgan fingerprint density at radius 2 is 1.22 bits per heavy atom. The molecule has 0 spiro atoms. The molecule has 0 saturated carbocycles. The van der Waals surface area contributed by atoms with Gasteiger partial charge in [0.2, 0.25) is 0 Å². The van der Waals surface area contributed by atoms with E-state index in [0.29, 0.717) is 30.8 Å². The predicted octanol–water partition coefficient (Wildman–Crippen LogP) is 5.34. The molecule has 2 aromatic rings. The van der Waals surface area contributed by atoms with Gasteiger partial charge in [-0.1, -0.05) is 24.0 Å². The highest BCUT2D eigenvalue weighted by Crippen LogP contribution is 2.13. The van der Waals surface area contributed by atoms with Crippen LogP contribution in [0.2, 0.25) is 0 Å². The zero-order chi connectivity index (χ0) is 25.8. The molecule has 0 bridgehead atoms. The van der Waals surface area contributed by atoms with Crippen LogP contribution in [0.4, 0.5) is 0 Å². The largest absolute Gasteiger partial charge is 0.466 e. The monoisotopic (exact) mass is 484 g/mol. The third-order valence-corrected chi connectivity index (χ3v) is 4.26. The van der Waals surface area contributed by atoms with Crippen LogP contribution in [0.1, 0.15) is 37.8 Å². The summed E-state index contributed by atoms with van der Waals surface area (Å²) in [6, 6.07) is 14.5. The van der Waals surface area contributed by atoms with Crippen LogP contribution in [0.5, 0.6) is 11.5 Å². The maximum absolute atomic E-state index is 11.7. The highest BCUT2D eigenvalue weighted by Gasteiger charge is 1.98. The second-order valence-electron chi connectivity index (χ2n) is 7.13. The summed E-state index contributed by atoms with van der Waals surface area (Å²) in [7, 11) is 0. The average Bonchev–Trinajstić information content (AvgIpc) is 2.88. The Morgan fingerprint density at radius 3 is 1.72 bits per heavy atom. The van der Waals surface area contributed by atoms with Crippen LogP contribution in [0, 0.1) is 23.7 Å². The summed E-state index contributed by atoms with van der Waals surface area (Å²) >= 11 is 0. The van der Waals surface area contributed by atoms with Gasteiger partial charge in [-0.05, 0) is 80.4 Å². The smallest absolute Gasteiger partial charge is 0.384 e. The van der Waals surface area contributed by atoms with E-state index in [4.69, 9.17) is 18.9 Å². The fourth-order valence-corrected chi connectivity index (χ4v) is 2.58. The summed E-state index contributed by atoms with van der Waals surface area (Å²) in [5, 5.41) is 0. The van der Waals surface area contributed by atoms with Crippen LogP contribution in [-0.2, 0) is 19.1 Å². The fourth-order valence-electron chi connectivity index (χ4n) is 2.58. The third-order valence-electron chi connectivity index (χ3n) is 4.26. The van der Waals surface area contributed by atoms with E-state index >= 15 is 0 Å². The molecule has 6 nitrogen and oxygen atoms in total. The minimum absolute atomic E-state index is 0.230. The number of benzene rings is 2. The van der Waals surface area contributed by atoms with Gasteiger partial charge >= 0.3 is 11.9 Å². The molecule has 2 rings (SSSR count). The van der Waals surface area contributed by atoms with Crippen LogP contribution in [0.25, 0.3) is 0 Å². The number of hydrogen-bond donors (Lipinski definition) is 0. The van der Waals surface area contributed by atoms with Crippen molar-refractivity contribution in [2.24, 2.45) is 0 Å². The van der Waals surface area contributed by atoms with Crippen LogP contribution in [0.15, 0.2) is 85.4 Å². The van der Waals surface area contributed by atoms with Gasteiger partial charge in [-0.2, -0.15) is 0 Å². The Bertz CT molecular complexity index is 1180. The molecule has 0 amide bonds. The quantitative estimate of drug-likeness (QED) is 0.141. The summed E-state index contributed by atoms with van der Waals surface area (Å²) < 4.78 is 20.9. The molecule has 0 aliphatic rings. The highest BCUT2D eigenvalue weighted by atomic mass is 16.5. The van der Waals surface area contributed by atoms with Crippen molar-refractivity contribution in [1.82, 2.24) is 0 Å². The van der Waals surface area contributed by atoms with E-state index in [1.807, 2.05) is 36.4 Å². The second-order valence-corrected chi connectivity index (χ2v) is 7.13. The highest BCUT2D eigenvalue weighted by molar-refractivity contribution is 5.89. The molecule has 0 aromatic heterocycles. The lowest BCUT2D eigenvalue weighted by Gasteiger charge is -2.02. The van der Waals surface area contributed by atoms with Crippen LogP contribution >= 0.6 is 0 Å². The van der Waals surface area contributed by atoms with Gasteiger partial charge in [0, 0.05) is 24.0 Å². The number of hydrogen-bond acceptors (Lipinski definition) is 6. The molecule has 184 valence electrons. The molecule has 0 heterocycles. The minimum atomic E-state index is -0.600. The summed E-state index contributed by atoms with van der Waals surface area (Å²) in [6.07, 6.45) is 11.5. The summed E-state index contributed by atoms with van der Waals surface area (Å²) in [5.74, 6) is 11.5. The molecule has 0 aliphatic heterocycles. The molecule has 0 atom stereocenters. The van der Waals surface area contributed by atoms with Crippen molar-refractivity contribution in [3.8, 4) is 35.2 Å². The first-order chi connectivity index (χ1) is 17.6. The molecule has 2 aromatic carbocycles. The van der Waals surface area contributed by atoms with Crippen molar-refractivity contribution in [3.05, 3.63) is 96.5 Å². The first-order valence-electron chi connectivity index (χ1n) is 11.3. The van der Waals surface area contributed by atoms with Gasteiger partial charge in [-0.3, -0.25) is 4.79 Å².